The Morgan fingerprint density at radius 1 is 1.33 bits per heavy atom. The van der Waals surface area contributed by atoms with E-state index in [1.54, 1.807) is 37.7 Å². The van der Waals surface area contributed by atoms with E-state index in [0.717, 1.165) is 10.0 Å². The van der Waals surface area contributed by atoms with Crippen molar-refractivity contribution < 1.29 is 9.53 Å². The van der Waals surface area contributed by atoms with Gasteiger partial charge < -0.3 is 10.1 Å². The van der Waals surface area contributed by atoms with Gasteiger partial charge in [-0.25, -0.2) is 4.99 Å². The highest BCUT2D eigenvalue weighted by atomic mass is 79.9. The van der Waals surface area contributed by atoms with Crippen molar-refractivity contribution in [1.82, 2.24) is 10.2 Å². The number of carbonyl (C=O) groups excluding carboxylic acids is 1. The summed E-state index contributed by atoms with van der Waals surface area (Å²) in [5, 5.41) is 10.4. The number of hydrogen-bond donors (Lipinski definition) is 1. The molecule has 0 bridgehead atoms. The molecule has 0 saturated carbocycles. The minimum absolute atomic E-state index is 0.124. The lowest BCUT2D eigenvalue weighted by Gasteiger charge is -2.09. The molecule has 1 aromatic heterocycles. The normalized spacial score (nSPS) is 13.8. The molecule has 2 heterocycles. The van der Waals surface area contributed by atoms with E-state index in [2.05, 4.69) is 36.4 Å². The molecular formula is C14H11BrN4O2. The zero-order valence-electron chi connectivity index (χ0n) is 11.1. The lowest BCUT2D eigenvalue weighted by Crippen LogP contribution is -2.15. The Kier molecular flexibility index (Phi) is 3.66. The van der Waals surface area contributed by atoms with Gasteiger partial charge in [-0.15, -0.1) is 0 Å². The summed E-state index contributed by atoms with van der Waals surface area (Å²) >= 11 is 3.40. The van der Waals surface area contributed by atoms with Crippen LogP contribution in [0.4, 0.5) is 11.4 Å². The number of carbonyl (C=O) groups is 1. The number of amides is 1. The molecule has 1 aromatic carbocycles. The summed E-state index contributed by atoms with van der Waals surface area (Å²) in [5.74, 6) is 0.530. The average molecular weight is 347 g/mol. The Morgan fingerprint density at radius 3 is 2.90 bits per heavy atom. The van der Waals surface area contributed by atoms with E-state index in [1.165, 1.54) is 0 Å². The molecule has 0 saturated heterocycles. The van der Waals surface area contributed by atoms with Crippen LogP contribution in [-0.4, -0.2) is 28.9 Å². The summed E-state index contributed by atoms with van der Waals surface area (Å²) in [6.07, 6.45) is 3.34. The van der Waals surface area contributed by atoms with Gasteiger partial charge in [-0.3, -0.25) is 4.79 Å². The summed E-state index contributed by atoms with van der Waals surface area (Å²) in [5.41, 5.74) is 2.71. The van der Waals surface area contributed by atoms with Crippen molar-refractivity contribution in [1.29, 1.82) is 0 Å². The first-order valence-corrected chi connectivity index (χ1v) is 6.98. The Balaban J connectivity index is 2.14. The Morgan fingerprint density at radius 2 is 2.19 bits per heavy atom. The second-order valence-electron chi connectivity index (χ2n) is 4.42. The molecule has 1 aliphatic rings. The highest BCUT2D eigenvalue weighted by molar-refractivity contribution is 9.10. The monoisotopic (exact) mass is 346 g/mol. The van der Waals surface area contributed by atoms with Gasteiger partial charge in [0.05, 0.1) is 47.5 Å². The fourth-order valence-corrected chi connectivity index (χ4v) is 2.56. The third kappa shape index (κ3) is 2.78. The maximum absolute atomic E-state index is 12.0. The van der Waals surface area contributed by atoms with E-state index in [9.17, 15) is 4.79 Å². The van der Waals surface area contributed by atoms with E-state index < -0.39 is 0 Å². The first kappa shape index (κ1) is 13.7. The molecule has 0 unspecified atom stereocenters. The van der Waals surface area contributed by atoms with E-state index in [1.807, 2.05) is 0 Å². The van der Waals surface area contributed by atoms with Crippen molar-refractivity contribution in [2.45, 2.75) is 6.42 Å². The predicted molar refractivity (Wildman–Crippen MR) is 82.2 cm³/mol. The number of hydrogen-bond acceptors (Lipinski definition) is 5. The fourth-order valence-electron chi connectivity index (χ4n) is 2.05. The SMILES string of the molecule is COc1cc2c(cc1Br)NC(=O)CC(c1ccnnc1)=N2. The highest BCUT2D eigenvalue weighted by Crippen LogP contribution is 2.38. The molecule has 0 spiro atoms. The van der Waals surface area contributed by atoms with Crippen LogP contribution in [0.2, 0.25) is 0 Å². The summed E-state index contributed by atoms with van der Waals surface area (Å²) in [7, 11) is 1.58. The number of methoxy groups -OCH3 is 1. The summed E-state index contributed by atoms with van der Waals surface area (Å²) < 4.78 is 6.03. The molecule has 2 aromatic rings. The van der Waals surface area contributed by atoms with Gasteiger partial charge in [0.2, 0.25) is 5.91 Å². The lowest BCUT2D eigenvalue weighted by atomic mass is 10.1. The summed E-state index contributed by atoms with van der Waals surface area (Å²) in [4.78, 5) is 16.6. The van der Waals surface area contributed by atoms with Crippen LogP contribution in [0, 0.1) is 0 Å². The molecular weight excluding hydrogens is 336 g/mol. The van der Waals surface area contributed by atoms with Gasteiger partial charge in [0.15, 0.2) is 0 Å². The molecule has 0 fully saturated rings. The van der Waals surface area contributed by atoms with Crippen molar-refractivity contribution in [2.75, 3.05) is 12.4 Å². The number of rotatable bonds is 2. The van der Waals surface area contributed by atoms with Gasteiger partial charge in [0.1, 0.15) is 5.75 Å². The topological polar surface area (TPSA) is 76.5 Å². The zero-order valence-corrected chi connectivity index (χ0v) is 12.7. The molecule has 21 heavy (non-hydrogen) atoms. The molecule has 6 nitrogen and oxygen atoms in total. The number of ether oxygens (including phenoxy) is 1. The summed E-state index contributed by atoms with van der Waals surface area (Å²) in [6.45, 7) is 0. The highest BCUT2D eigenvalue weighted by Gasteiger charge is 2.19. The van der Waals surface area contributed by atoms with Crippen molar-refractivity contribution >= 4 is 38.9 Å². The number of aromatic nitrogens is 2. The van der Waals surface area contributed by atoms with Crippen LogP contribution >= 0.6 is 15.9 Å². The molecule has 0 atom stereocenters. The molecule has 1 N–H and O–H groups in total. The molecule has 106 valence electrons. The van der Waals surface area contributed by atoms with Gasteiger partial charge in [-0.1, -0.05) is 0 Å². The molecule has 1 amide bonds. The number of benzene rings is 1. The zero-order chi connectivity index (χ0) is 14.8. The van der Waals surface area contributed by atoms with Gasteiger partial charge >= 0.3 is 0 Å². The quantitative estimate of drug-likeness (QED) is 0.906. The van der Waals surface area contributed by atoms with Crippen molar-refractivity contribution in [3.05, 3.63) is 40.6 Å². The minimum Gasteiger partial charge on any atom is -0.495 e. The molecule has 1 aliphatic heterocycles. The number of nitrogens with one attached hydrogen (secondary N) is 1. The van der Waals surface area contributed by atoms with Gasteiger partial charge in [-0.05, 0) is 28.1 Å². The smallest absolute Gasteiger partial charge is 0.230 e. The van der Waals surface area contributed by atoms with Crippen molar-refractivity contribution in [2.24, 2.45) is 4.99 Å². The maximum atomic E-state index is 12.0. The van der Waals surface area contributed by atoms with Gasteiger partial charge in [0.25, 0.3) is 0 Å². The van der Waals surface area contributed by atoms with Crippen molar-refractivity contribution in [3.63, 3.8) is 0 Å². The van der Waals surface area contributed by atoms with E-state index in [4.69, 9.17) is 4.74 Å². The first-order valence-electron chi connectivity index (χ1n) is 6.19. The van der Waals surface area contributed by atoms with E-state index in [0.29, 0.717) is 22.8 Å². The van der Waals surface area contributed by atoms with Crippen LogP contribution in [0.15, 0.2) is 40.1 Å². The first-order chi connectivity index (χ1) is 10.2. The standard InChI is InChI=1S/C14H11BrN4O2/c1-21-13-5-12-11(4-9(13)15)19-14(20)6-10(18-12)8-2-3-16-17-7-8/h2-5,7H,6H2,1H3,(H,19,20). The third-order valence-corrected chi connectivity index (χ3v) is 3.66. The predicted octanol–water partition coefficient (Wildman–Crippen LogP) is 2.71. The second kappa shape index (κ2) is 5.61. The van der Waals surface area contributed by atoms with Crippen LogP contribution in [0.3, 0.4) is 0 Å². The molecule has 3 rings (SSSR count). The number of anilines is 1. The number of nitrogens with zero attached hydrogens (tertiary/aromatic N) is 3. The Bertz CT molecular complexity index is 731. The number of halogens is 1. The minimum atomic E-state index is -0.124. The number of fused-ring (bicyclic) bond motifs is 1. The van der Waals surface area contributed by atoms with Crippen molar-refractivity contribution in [3.8, 4) is 5.75 Å². The van der Waals surface area contributed by atoms with Crippen LogP contribution < -0.4 is 10.1 Å². The van der Waals surface area contributed by atoms with E-state index >= 15 is 0 Å². The lowest BCUT2D eigenvalue weighted by molar-refractivity contribution is -0.115. The summed E-state index contributed by atoms with van der Waals surface area (Å²) in [6, 6.07) is 5.34. The van der Waals surface area contributed by atoms with Crippen LogP contribution in [0.25, 0.3) is 0 Å². The molecule has 7 heteroatoms. The Hall–Kier alpha value is -2.28. The van der Waals surface area contributed by atoms with Crippen LogP contribution in [0.1, 0.15) is 12.0 Å². The maximum Gasteiger partial charge on any atom is 0.230 e. The third-order valence-electron chi connectivity index (χ3n) is 3.05. The van der Waals surface area contributed by atoms with Gasteiger partial charge in [-0.2, -0.15) is 10.2 Å². The number of aliphatic imine (C=N–C) groups is 1. The van der Waals surface area contributed by atoms with Gasteiger partial charge in [0, 0.05) is 11.6 Å². The van der Waals surface area contributed by atoms with Crippen LogP contribution in [-0.2, 0) is 4.79 Å². The largest absolute Gasteiger partial charge is 0.495 e. The Labute approximate surface area is 129 Å². The molecule has 0 radical (unpaired) electrons. The fraction of sp³-hybridized carbons (Fsp3) is 0.143. The molecule has 0 aliphatic carbocycles. The van der Waals surface area contributed by atoms with Crippen LogP contribution in [0.5, 0.6) is 5.75 Å². The second-order valence-corrected chi connectivity index (χ2v) is 5.27. The average Bonchev–Trinajstić information content (AvgIpc) is 2.65. The van der Waals surface area contributed by atoms with E-state index in [-0.39, 0.29) is 12.3 Å².